The Morgan fingerprint density at radius 2 is 1.83 bits per heavy atom. The molecule has 0 aliphatic carbocycles. The van der Waals surface area contributed by atoms with Crippen molar-refractivity contribution in [2.24, 2.45) is 5.73 Å². The van der Waals surface area contributed by atoms with Crippen LogP contribution in [0.25, 0.3) is 11.3 Å². The SMILES string of the molecule is CNC(=O)CCC(Oc1ccc(F)c(C(N)=O)c1F)c1nc(-c2ccc(C(F)(F)F)cc2)c(Br)o1. The quantitative estimate of drug-likeness (QED) is 0.370. The van der Waals surface area contributed by atoms with Crippen molar-refractivity contribution in [3.8, 4) is 17.0 Å². The largest absolute Gasteiger partial charge is 0.478 e. The average Bonchev–Trinajstić information content (AvgIpc) is 3.18. The first-order chi connectivity index (χ1) is 16.4. The Morgan fingerprint density at radius 1 is 1.17 bits per heavy atom. The van der Waals surface area contributed by atoms with Gasteiger partial charge in [-0.05, 0) is 40.2 Å². The summed E-state index contributed by atoms with van der Waals surface area (Å²) < 4.78 is 78.3. The van der Waals surface area contributed by atoms with Crippen LogP contribution >= 0.6 is 15.9 Å². The monoisotopic (exact) mass is 561 g/mol. The highest BCUT2D eigenvalue weighted by Crippen LogP contribution is 2.36. The average molecular weight is 562 g/mol. The standard InChI is InChI=1S/C22H17BrF5N3O4/c1-30-15(32)9-8-14(34-13-7-6-12(24)16(17(13)25)20(29)33)21-31-18(19(23)35-21)10-2-4-11(5-3-10)22(26,27)28/h2-7,14H,8-9H2,1H3,(H2,29,33)(H,30,32). The van der Waals surface area contributed by atoms with Crippen molar-refractivity contribution < 1.29 is 40.7 Å². The number of halogens is 6. The first-order valence-electron chi connectivity index (χ1n) is 9.91. The van der Waals surface area contributed by atoms with E-state index in [9.17, 15) is 31.5 Å². The van der Waals surface area contributed by atoms with Crippen LogP contribution < -0.4 is 15.8 Å². The molecule has 1 aromatic heterocycles. The van der Waals surface area contributed by atoms with Crippen LogP contribution in [0.3, 0.4) is 0 Å². The van der Waals surface area contributed by atoms with Gasteiger partial charge >= 0.3 is 6.18 Å². The van der Waals surface area contributed by atoms with E-state index in [4.69, 9.17) is 14.9 Å². The van der Waals surface area contributed by atoms with Crippen LogP contribution in [-0.2, 0) is 11.0 Å². The van der Waals surface area contributed by atoms with Crippen molar-refractivity contribution in [2.45, 2.75) is 25.1 Å². The van der Waals surface area contributed by atoms with Crippen LogP contribution in [-0.4, -0.2) is 23.8 Å². The number of oxazole rings is 1. The number of hydrogen-bond acceptors (Lipinski definition) is 5. The van der Waals surface area contributed by atoms with Crippen LogP contribution in [0.2, 0.25) is 0 Å². The summed E-state index contributed by atoms with van der Waals surface area (Å²) >= 11 is 3.14. The fourth-order valence-electron chi connectivity index (χ4n) is 3.07. The summed E-state index contributed by atoms with van der Waals surface area (Å²) in [5.74, 6) is -4.98. The highest BCUT2D eigenvalue weighted by atomic mass is 79.9. The number of carbonyl (C=O) groups excluding carboxylic acids is 2. The van der Waals surface area contributed by atoms with Crippen LogP contribution in [0.15, 0.2) is 45.5 Å². The molecule has 3 N–H and O–H groups in total. The van der Waals surface area contributed by atoms with E-state index in [1.54, 1.807) is 0 Å². The Bertz CT molecular complexity index is 1250. The molecule has 2 aromatic carbocycles. The molecule has 3 aromatic rings. The van der Waals surface area contributed by atoms with Gasteiger partial charge in [0.25, 0.3) is 5.91 Å². The van der Waals surface area contributed by atoms with Gasteiger partial charge in [0.2, 0.25) is 11.8 Å². The summed E-state index contributed by atoms with van der Waals surface area (Å²) in [7, 11) is 1.40. The molecule has 2 amide bonds. The van der Waals surface area contributed by atoms with Gasteiger partial charge in [0, 0.05) is 25.5 Å². The summed E-state index contributed by atoms with van der Waals surface area (Å²) in [6, 6.07) is 5.83. The lowest BCUT2D eigenvalue weighted by Gasteiger charge is -2.17. The highest BCUT2D eigenvalue weighted by molar-refractivity contribution is 9.10. The molecule has 0 bridgehead atoms. The molecule has 13 heteroatoms. The van der Waals surface area contributed by atoms with Crippen molar-refractivity contribution in [3.63, 3.8) is 0 Å². The van der Waals surface area contributed by atoms with E-state index in [1.807, 2.05) is 0 Å². The maximum absolute atomic E-state index is 14.7. The Kier molecular flexibility index (Phi) is 7.78. The number of hydrogen-bond donors (Lipinski definition) is 2. The Morgan fingerprint density at radius 3 is 2.40 bits per heavy atom. The van der Waals surface area contributed by atoms with E-state index in [0.717, 1.165) is 24.3 Å². The van der Waals surface area contributed by atoms with E-state index < -0.39 is 46.7 Å². The molecule has 0 saturated heterocycles. The molecule has 186 valence electrons. The minimum absolute atomic E-state index is 0.0400. The molecule has 1 atom stereocenters. The van der Waals surface area contributed by atoms with Gasteiger partial charge in [-0.3, -0.25) is 9.59 Å². The van der Waals surface area contributed by atoms with E-state index in [2.05, 4.69) is 26.2 Å². The molecule has 0 aliphatic rings. The maximum atomic E-state index is 14.7. The van der Waals surface area contributed by atoms with Gasteiger partial charge in [-0.25, -0.2) is 13.8 Å². The summed E-state index contributed by atoms with van der Waals surface area (Å²) in [6.45, 7) is 0. The second-order valence-electron chi connectivity index (χ2n) is 7.17. The Labute approximate surface area is 203 Å². The molecular formula is C22H17BrF5N3O4. The number of rotatable bonds is 8. The van der Waals surface area contributed by atoms with E-state index >= 15 is 0 Å². The summed E-state index contributed by atoms with van der Waals surface area (Å²) in [5.41, 5.74) is 3.57. The number of nitrogens with one attached hydrogen (secondary N) is 1. The maximum Gasteiger partial charge on any atom is 0.416 e. The smallest absolute Gasteiger partial charge is 0.416 e. The van der Waals surface area contributed by atoms with Gasteiger partial charge in [0.15, 0.2) is 22.3 Å². The van der Waals surface area contributed by atoms with Crippen molar-refractivity contribution in [1.29, 1.82) is 0 Å². The Balaban J connectivity index is 1.97. The molecule has 3 rings (SSSR count). The molecule has 7 nitrogen and oxygen atoms in total. The molecule has 0 radical (unpaired) electrons. The number of amides is 2. The van der Waals surface area contributed by atoms with Crippen molar-refractivity contribution in [3.05, 3.63) is 69.7 Å². The van der Waals surface area contributed by atoms with Crippen LogP contribution in [0.4, 0.5) is 22.0 Å². The number of aromatic nitrogens is 1. The zero-order chi connectivity index (χ0) is 25.9. The second-order valence-corrected chi connectivity index (χ2v) is 7.89. The topological polar surface area (TPSA) is 107 Å². The second kappa shape index (κ2) is 10.4. The van der Waals surface area contributed by atoms with Crippen LogP contribution in [0.1, 0.15) is 40.8 Å². The number of alkyl halides is 3. The zero-order valence-electron chi connectivity index (χ0n) is 17.9. The molecule has 0 aliphatic heterocycles. The van der Waals surface area contributed by atoms with Gasteiger partial charge in [-0.2, -0.15) is 13.2 Å². The Hall–Kier alpha value is -3.48. The first kappa shape index (κ1) is 26.1. The lowest BCUT2D eigenvalue weighted by molar-refractivity contribution is -0.137. The molecular weight excluding hydrogens is 545 g/mol. The predicted octanol–water partition coefficient (Wildman–Crippen LogP) is 5.15. The first-order valence-corrected chi connectivity index (χ1v) is 10.7. The predicted molar refractivity (Wildman–Crippen MR) is 116 cm³/mol. The number of ether oxygens (including phenoxy) is 1. The van der Waals surface area contributed by atoms with Gasteiger partial charge in [-0.15, -0.1) is 0 Å². The number of nitrogens with two attached hydrogens (primary N) is 1. The summed E-state index contributed by atoms with van der Waals surface area (Å²) in [6.07, 6.45) is -5.91. The van der Waals surface area contributed by atoms with Crippen molar-refractivity contribution in [2.75, 3.05) is 7.05 Å². The fourth-order valence-corrected chi connectivity index (χ4v) is 3.56. The number of primary amides is 1. The molecule has 1 heterocycles. The van der Waals surface area contributed by atoms with Gasteiger partial charge in [-0.1, -0.05) is 12.1 Å². The lowest BCUT2D eigenvalue weighted by atomic mass is 10.1. The molecule has 1 unspecified atom stereocenters. The van der Waals surface area contributed by atoms with Crippen LogP contribution in [0.5, 0.6) is 5.75 Å². The van der Waals surface area contributed by atoms with Gasteiger partial charge in [0.1, 0.15) is 17.1 Å². The van der Waals surface area contributed by atoms with Crippen LogP contribution in [0, 0.1) is 11.6 Å². The number of carbonyl (C=O) groups is 2. The van der Waals surface area contributed by atoms with Gasteiger partial charge < -0.3 is 20.2 Å². The van der Waals surface area contributed by atoms with Crippen molar-refractivity contribution >= 4 is 27.7 Å². The van der Waals surface area contributed by atoms with Crippen molar-refractivity contribution in [1.82, 2.24) is 10.3 Å². The van der Waals surface area contributed by atoms with Gasteiger partial charge in [0.05, 0.1) is 5.56 Å². The minimum atomic E-state index is -4.52. The summed E-state index contributed by atoms with van der Waals surface area (Å²) in [4.78, 5) is 27.4. The third kappa shape index (κ3) is 5.96. The number of nitrogens with zero attached hydrogens (tertiary/aromatic N) is 1. The summed E-state index contributed by atoms with van der Waals surface area (Å²) in [5, 5.41) is 2.41. The lowest BCUT2D eigenvalue weighted by Crippen LogP contribution is -2.20. The molecule has 0 fully saturated rings. The highest BCUT2D eigenvalue weighted by Gasteiger charge is 2.31. The molecule has 0 saturated carbocycles. The molecule has 0 spiro atoms. The van der Waals surface area contributed by atoms with E-state index in [1.165, 1.54) is 19.2 Å². The normalized spacial score (nSPS) is 12.3. The third-order valence-electron chi connectivity index (χ3n) is 4.85. The van der Waals surface area contributed by atoms with E-state index in [0.29, 0.717) is 0 Å². The third-order valence-corrected chi connectivity index (χ3v) is 5.38. The van der Waals surface area contributed by atoms with E-state index in [-0.39, 0.29) is 40.6 Å². The number of benzene rings is 2. The molecule has 35 heavy (non-hydrogen) atoms. The minimum Gasteiger partial charge on any atom is -0.478 e. The zero-order valence-corrected chi connectivity index (χ0v) is 19.5. The fraction of sp³-hybridized carbons (Fsp3) is 0.227.